The third-order valence-electron chi connectivity index (χ3n) is 17.9. The van der Waals surface area contributed by atoms with E-state index in [1.165, 1.54) is 20.9 Å². The van der Waals surface area contributed by atoms with Crippen LogP contribution in [0.4, 0.5) is 0 Å². The summed E-state index contributed by atoms with van der Waals surface area (Å²) >= 11 is 1.72. The minimum Gasteiger partial charge on any atom is -0.477 e. The van der Waals surface area contributed by atoms with Gasteiger partial charge in [-0.05, 0) is 23.8 Å². The maximum Gasteiger partial charge on any atom is 0.364 e. The first-order valence-electron chi connectivity index (χ1n) is 31.5. The largest absolute Gasteiger partial charge is 0.477 e. The molecule has 0 aromatic carbocycles. The van der Waals surface area contributed by atoms with Gasteiger partial charge in [-0.25, -0.2) is 9.59 Å². The highest BCUT2D eigenvalue weighted by Crippen LogP contribution is 2.44. The number of rotatable bonds is 34. The summed E-state index contributed by atoms with van der Waals surface area (Å²) in [5.74, 6) is -13.6. The topological polar surface area (TPSA) is 599 Å². The zero-order chi connectivity index (χ0) is 71.6. The Hall–Kier alpha value is -2.81. The first kappa shape index (κ1) is 82.1. The lowest BCUT2D eigenvalue weighted by molar-refractivity contribution is -0.406. The number of carboxylic acids is 2. The lowest BCUT2D eigenvalue weighted by atomic mass is 9.83. The number of aliphatic hydroxyl groups is 18. The highest BCUT2D eigenvalue weighted by molar-refractivity contribution is 7.99. The molecule has 39 heteroatoms. The number of thioether (sulfide) groups is 1. The zero-order valence-corrected chi connectivity index (χ0v) is 54.4. The Bertz CT molecular complexity index is 2430. The molecule has 0 aromatic rings. The predicted molar refractivity (Wildman–Crippen MR) is 314 cm³/mol. The van der Waals surface area contributed by atoms with Crippen LogP contribution in [0.2, 0.25) is 0 Å². The first-order chi connectivity index (χ1) is 45.2. The average Bonchev–Trinajstić information content (AvgIpc) is 0.678. The van der Waals surface area contributed by atoms with Crippen molar-refractivity contribution in [3.05, 3.63) is 0 Å². The molecule has 6 fully saturated rings. The van der Waals surface area contributed by atoms with Gasteiger partial charge in [-0.1, -0.05) is 27.7 Å². The van der Waals surface area contributed by atoms with Crippen LogP contribution in [-0.4, -0.2) is 378 Å². The van der Waals surface area contributed by atoms with Crippen LogP contribution in [0.3, 0.4) is 0 Å². The summed E-state index contributed by atoms with van der Waals surface area (Å²) in [5.41, 5.74) is 0. The van der Waals surface area contributed by atoms with E-state index < -0.39 is 265 Å². The summed E-state index contributed by atoms with van der Waals surface area (Å²) in [6.45, 7) is 0.580. The van der Waals surface area contributed by atoms with E-state index in [9.17, 15) is 121 Å². The standard InChI is InChI=1S/C57H98N2O36S/c1-21(2)96-12-8-10-25(67)9-7-11-84-59(6)50-41(77)40(76)46(32(19-64)85-50)89-53-43(79)49(47(33(20-65)88-53)90-51-34(58-24(5)66)48(37(73)30(17-62)86-51)91-52-42(78)39(75)36(72)29(16-61)87-52)95-57(55(82)83)14-27(69)23(4)45(94-57)38(74)31(18-63)92-56(54(80)81)13-26(68)22(3)44(93-56)35(71)28(70)15-60/h21-23,26-53,60-65,68-79H,7-20H2,1-6H3,(H,58,66)(H,80,81)(H,82,83)/t22-,23-,26?,27?,28-,29?,30?,31-,32?,33?,34?,35-,36+,37+,38-,39+,40-,41?,42?,43?,44-,45-,46-,47+,48-,49-,50-,51+,52+,53+,56-,57+/m1/s1. The Labute approximate surface area is 554 Å². The van der Waals surface area contributed by atoms with E-state index in [-0.39, 0.29) is 25.2 Å². The number of carbonyl (C=O) groups is 4. The first-order valence-corrected chi connectivity index (χ1v) is 32.6. The molecule has 0 saturated carbocycles. The lowest BCUT2D eigenvalue weighted by Gasteiger charge is -2.53. The normalized spacial score (nSPS) is 42.1. The van der Waals surface area contributed by atoms with Gasteiger partial charge in [0.25, 0.3) is 11.6 Å². The number of likely N-dealkylation sites (N-methyl/N-ethyl adjacent to an activating group) is 1. The number of ketones is 1. The van der Waals surface area contributed by atoms with Crippen molar-refractivity contribution in [1.29, 1.82) is 0 Å². The van der Waals surface area contributed by atoms with Gasteiger partial charge in [-0.3, -0.25) is 14.4 Å². The second-order valence-electron chi connectivity index (χ2n) is 25.1. The van der Waals surface area contributed by atoms with Crippen LogP contribution in [-0.2, 0) is 76.1 Å². The summed E-state index contributed by atoms with van der Waals surface area (Å²) in [6, 6.07) is -1.94. The van der Waals surface area contributed by atoms with E-state index in [1.807, 2.05) is 13.8 Å². The van der Waals surface area contributed by atoms with Gasteiger partial charge in [0, 0.05) is 51.5 Å². The van der Waals surface area contributed by atoms with Crippen molar-refractivity contribution in [2.45, 2.75) is 261 Å². The van der Waals surface area contributed by atoms with Crippen LogP contribution in [0.5, 0.6) is 0 Å². The van der Waals surface area contributed by atoms with Gasteiger partial charge in [-0.15, -0.1) is 0 Å². The Balaban J connectivity index is 1.37. The van der Waals surface area contributed by atoms with Crippen LogP contribution in [0.25, 0.3) is 0 Å². The Morgan fingerprint density at radius 3 is 1.66 bits per heavy atom. The Kier molecular flexibility index (Phi) is 31.1. The number of amides is 1. The summed E-state index contributed by atoms with van der Waals surface area (Å²) in [5, 5.41) is 224. The van der Waals surface area contributed by atoms with Gasteiger partial charge >= 0.3 is 11.9 Å². The molecule has 32 atom stereocenters. The van der Waals surface area contributed by atoms with Gasteiger partial charge in [0.15, 0.2) is 25.1 Å². The minimum atomic E-state index is -3.45. The van der Waals surface area contributed by atoms with Gasteiger partial charge in [0.05, 0.1) is 70.7 Å². The number of aliphatic hydroxyl groups excluding tert-OH is 18. The van der Waals surface area contributed by atoms with Crippen molar-refractivity contribution >= 4 is 35.4 Å². The third-order valence-corrected chi connectivity index (χ3v) is 19.1. The van der Waals surface area contributed by atoms with Crippen molar-refractivity contribution < 1.29 is 178 Å². The molecule has 10 unspecified atom stereocenters. The molecule has 0 radical (unpaired) electrons. The molecule has 0 bridgehead atoms. The van der Waals surface area contributed by atoms with E-state index in [0.29, 0.717) is 18.1 Å². The maximum atomic E-state index is 14.0. The van der Waals surface area contributed by atoms with E-state index in [4.69, 9.17) is 56.9 Å². The van der Waals surface area contributed by atoms with Gasteiger partial charge in [-0.2, -0.15) is 16.8 Å². The number of hydrogen-bond acceptors (Lipinski definition) is 36. The summed E-state index contributed by atoms with van der Waals surface area (Å²) in [4.78, 5) is 58.4. The molecule has 0 aromatic heterocycles. The zero-order valence-electron chi connectivity index (χ0n) is 53.6. The Morgan fingerprint density at radius 1 is 0.583 bits per heavy atom. The second kappa shape index (κ2) is 36.4. The van der Waals surface area contributed by atoms with E-state index in [0.717, 1.165) is 17.7 Å². The molecule has 1 amide bonds. The quantitative estimate of drug-likeness (QED) is 0.0210. The number of nitrogens with zero attached hydrogens (tertiary/aromatic N) is 1. The van der Waals surface area contributed by atoms with Crippen LogP contribution >= 0.6 is 11.8 Å². The van der Waals surface area contributed by atoms with Crippen LogP contribution in [0.15, 0.2) is 0 Å². The fourth-order valence-electron chi connectivity index (χ4n) is 12.2. The lowest BCUT2D eigenvalue weighted by Crippen LogP contribution is -2.71. The molecule has 558 valence electrons. The number of carbonyl (C=O) groups excluding carboxylic acids is 2. The second-order valence-corrected chi connectivity index (χ2v) is 26.8. The smallest absolute Gasteiger partial charge is 0.364 e. The SMILES string of the molecule is CC(=O)NC1[C@H](O[C@H]2C(CO)O[C@@H](O[C@@H]3C(CO)O[C@@H](N(C)OCCCC(=O)CCCSC(C)C)C(O)[C@H]3O)C(O)[C@H]2O[C@]2(C(=O)O)CC(O)[C@@H](C)[C@H]([C@H](O)[C@@H](CO)O[C@]3(C(=O)O)CC(O)[C@@H](C)[C@H]([C@H](O)[C@H](O)CO)O3)O2)OC(CO)[C@H](O)[C@@H]1O[C@@H]1OC(CO)[C@H](O)[C@H](O)C1O. The molecular weight excluding hydrogens is 1320 g/mol. The predicted octanol–water partition coefficient (Wildman–Crippen LogP) is -9.85. The number of hydrogen-bond donors (Lipinski definition) is 21. The average molecular weight is 1420 g/mol. The van der Waals surface area contributed by atoms with Crippen LogP contribution in [0, 0.1) is 11.8 Å². The van der Waals surface area contributed by atoms with Crippen molar-refractivity contribution in [3.63, 3.8) is 0 Å². The molecule has 96 heavy (non-hydrogen) atoms. The molecular formula is C57H98N2O36S. The number of aliphatic carboxylic acids is 2. The van der Waals surface area contributed by atoms with Crippen LogP contribution < -0.4 is 5.32 Å². The molecule has 0 aliphatic carbocycles. The van der Waals surface area contributed by atoms with Crippen molar-refractivity contribution in [2.24, 2.45) is 11.8 Å². The highest BCUT2D eigenvalue weighted by Gasteiger charge is 2.63. The molecule has 6 rings (SSSR count). The molecule has 0 spiro atoms. The summed E-state index contributed by atoms with van der Waals surface area (Å²) < 4.78 is 65.5. The number of Topliss-reactive ketones (excluding diaryl/α,β-unsaturated/α-hetero) is 1. The van der Waals surface area contributed by atoms with Gasteiger partial charge in [0.1, 0.15) is 128 Å². The molecule has 6 aliphatic heterocycles. The number of hydroxylamine groups is 2. The highest BCUT2D eigenvalue weighted by atomic mass is 32.2. The van der Waals surface area contributed by atoms with Crippen molar-refractivity contribution in [3.8, 4) is 0 Å². The minimum absolute atomic E-state index is 0.00900. The van der Waals surface area contributed by atoms with E-state index in [1.54, 1.807) is 11.8 Å². The Morgan fingerprint density at radius 2 is 1.09 bits per heavy atom. The maximum absolute atomic E-state index is 14.0. The third kappa shape index (κ3) is 19.1. The van der Waals surface area contributed by atoms with Gasteiger partial charge in [0.2, 0.25) is 5.91 Å². The monoisotopic (exact) mass is 1420 g/mol. The fraction of sp³-hybridized carbons (Fsp3) is 0.930. The number of nitrogens with one attached hydrogen (secondary N) is 1. The van der Waals surface area contributed by atoms with Crippen molar-refractivity contribution in [1.82, 2.24) is 10.4 Å². The van der Waals surface area contributed by atoms with Crippen molar-refractivity contribution in [2.75, 3.05) is 59.0 Å². The van der Waals surface area contributed by atoms with E-state index in [2.05, 4.69) is 5.32 Å². The van der Waals surface area contributed by atoms with Gasteiger partial charge < -0.3 is 160 Å². The summed E-state index contributed by atoms with van der Waals surface area (Å²) in [6.07, 6.45) is -56.5. The van der Waals surface area contributed by atoms with E-state index >= 15 is 0 Å². The molecule has 6 heterocycles. The fourth-order valence-corrected chi connectivity index (χ4v) is 13.0. The molecule has 38 nitrogen and oxygen atoms in total. The number of carboxylic acid groups (broad SMARTS) is 2. The van der Waals surface area contributed by atoms with Crippen LogP contribution in [0.1, 0.15) is 73.1 Å². The molecule has 6 saturated heterocycles. The number of ether oxygens (including phenoxy) is 11. The molecule has 21 N–H and O–H groups in total. The molecule has 6 aliphatic rings. The summed E-state index contributed by atoms with van der Waals surface area (Å²) in [7, 11) is 1.31.